The van der Waals surface area contributed by atoms with E-state index in [0.717, 1.165) is 19.3 Å². The molecule has 1 atom stereocenters. The van der Waals surface area contributed by atoms with Crippen molar-refractivity contribution in [3.05, 3.63) is 57.7 Å². The van der Waals surface area contributed by atoms with E-state index < -0.39 is 95.4 Å². The first-order chi connectivity index (χ1) is 17.6. The molecule has 39 heavy (non-hydrogen) atoms. The van der Waals surface area contributed by atoms with Gasteiger partial charge < -0.3 is 0 Å². The molecular formula is C22H17F16P. The Morgan fingerprint density at radius 1 is 0.538 bits per heavy atom. The molecule has 0 spiro atoms. The lowest BCUT2D eigenvalue weighted by Gasteiger charge is -2.19. The van der Waals surface area contributed by atoms with Crippen molar-refractivity contribution in [1.82, 2.24) is 0 Å². The van der Waals surface area contributed by atoms with Crippen LogP contribution >= 0.6 is 8.58 Å². The minimum atomic E-state index is -5.83. The van der Waals surface area contributed by atoms with Crippen molar-refractivity contribution in [1.29, 1.82) is 0 Å². The Bertz CT molecular complexity index is 1140. The number of rotatable bonds is 7. The van der Waals surface area contributed by atoms with Crippen molar-refractivity contribution in [2.45, 2.75) is 57.5 Å². The molecule has 2 aromatic rings. The normalized spacial score (nSPS) is 12.8. The smallest absolute Gasteiger partial charge is 0.203 e. The highest BCUT2D eigenvalue weighted by Crippen LogP contribution is 2.48. The molecule has 0 aromatic heterocycles. The molecule has 0 N–H and O–H groups in total. The quantitative estimate of drug-likeness (QED) is 0.0955. The molecule has 2 rings (SSSR count). The van der Waals surface area contributed by atoms with Gasteiger partial charge in [-0.3, -0.25) is 0 Å². The summed E-state index contributed by atoms with van der Waals surface area (Å²) in [5, 5.41) is 0. The number of unbranched alkanes of at least 4 members (excludes halogenated alkanes) is 3. The van der Waals surface area contributed by atoms with E-state index in [1.807, 2.05) is 6.92 Å². The van der Waals surface area contributed by atoms with Gasteiger partial charge in [0.2, 0.25) is 5.82 Å². The molecule has 0 saturated heterocycles. The van der Waals surface area contributed by atoms with E-state index in [1.165, 1.54) is 0 Å². The molecule has 0 saturated carbocycles. The van der Waals surface area contributed by atoms with Crippen LogP contribution in [-0.4, -0.2) is 18.0 Å². The molecule has 0 bridgehead atoms. The summed E-state index contributed by atoms with van der Waals surface area (Å²) < 4.78 is 206. The monoisotopic (exact) mass is 616 g/mol. The average molecular weight is 616 g/mol. The van der Waals surface area contributed by atoms with Crippen molar-refractivity contribution in [3.63, 3.8) is 0 Å². The summed E-state index contributed by atoms with van der Waals surface area (Å²) in [5.41, 5.74) is -12.9. The minimum Gasteiger partial charge on any atom is -0.203 e. The number of benzene rings is 2. The van der Waals surface area contributed by atoms with Gasteiger partial charge in [-0.15, -0.1) is 0 Å². The van der Waals surface area contributed by atoms with Crippen LogP contribution < -0.4 is 0 Å². The molecule has 222 valence electrons. The summed E-state index contributed by atoms with van der Waals surface area (Å²) in [7, 11) is -1.34. The molecule has 0 radical (unpaired) electrons. The zero-order valence-corrected chi connectivity index (χ0v) is 20.6. The van der Waals surface area contributed by atoms with E-state index in [-0.39, 0.29) is 6.16 Å². The van der Waals surface area contributed by atoms with Crippen LogP contribution in [-0.2, 0) is 6.18 Å². The van der Waals surface area contributed by atoms with Crippen LogP contribution in [0.4, 0.5) is 70.2 Å². The SMILES string of the molecule is CCCCCCPC(F)(F)C(F)(F)F.Cc1c(F)c(F)c(F)c(C(F)(F)F)c1-c1c(F)c(F)c(F)c(F)c1F. The van der Waals surface area contributed by atoms with Crippen LogP contribution in [0.25, 0.3) is 11.1 Å². The van der Waals surface area contributed by atoms with Crippen LogP contribution in [0, 0.1) is 53.5 Å². The topological polar surface area (TPSA) is 0 Å². The summed E-state index contributed by atoms with van der Waals surface area (Å²) >= 11 is 0. The molecule has 0 fully saturated rings. The second-order valence-electron chi connectivity index (χ2n) is 7.82. The van der Waals surface area contributed by atoms with Gasteiger partial charge in [0.15, 0.2) is 40.7 Å². The van der Waals surface area contributed by atoms with Crippen molar-refractivity contribution >= 4 is 8.58 Å². The fourth-order valence-electron chi connectivity index (χ4n) is 3.08. The minimum absolute atomic E-state index is 0.0352. The molecule has 0 aliphatic carbocycles. The third kappa shape index (κ3) is 7.69. The molecule has 0 heterocycles. The molecular weight excluding hydrogens is 599 g/mol. The van der Waals surface area contributed by atoms with Crippen LogP contribution in [0.3, 0.4) is 0 Å². The lowest BCUT2D eigenvalue weighted by molar-refractivity contribution is -0.239. The Morgan fingerprint density at radius 2 is 0.974 bits per heavy atom. The van der Waals surface area contributed by atoms with Crippen LogP contribution in [0.2, 0.25) is 0 Å². The van der Waals surface area contributed by atoms with E-state index in [2.05, 4.69) is 0 Å². The van der Waals surface area contributed by atoms with Crippen LogP contribution in [0.1, 0.15) is 43.7 Å². The Balaban J connectivity index is 0.000000464. The molecule has 0 nitrogen and oxygen atoms in total. The fourth-order valence-corrected chi connectivity index (χ4v) is 4.02. The Labute approximate surface area is 212 Å². The van der Waals surface area contributed by atoms with Gasteiger partial charge in [0.1, 0.15) is 5.56 Å². The highest BCUT2D eigenvalue weighted by atomic mass is 31.1. The summed E-state index contributed by atoms with van der Waals surface area (Å²) in [6.45, 7) is 2.31. The molecule has 0 aliphatic heterocycles. The highest BCUT2D eigenvalue weighted by Gasteiger charge is 2.56. The molecule has 0 aliphatic rings. The average Bonchev–Trinajstić information content (AvgIpc) is 2.82. The van der Waals surface area contributed by atoms with Crippen molar-refractivity contribution in [3.8, 4) is 11.1 Å². The van der Waals surface area contributed by atoms with Gasteiger partial charge in [0.05, 0.1) is 5.56 Å². The molecule has 1 unspecified atom stereocenters. The van der Waals surface area contributed by atoms with Gasteiger partial charge in [-0.2, -0.15) is 35.1 Å². The molecule has 2 aromatic carbocycles. The summed E-state index contributed by atoms with van der Waals surface area (Å²) in [4.78, 5) is 0. The van der Waals surface area contributed by atoms with Crippen molar-refractivity contribution < 1.29 is 70.2 Å². The van der Waals surface area contributed by atoms with E-state index in [9.17, 15) is 70.2 Å². The van der Waals surface area contributed by atoms with Gasteiger partial charge in [-0.25, -0.2) is 35.1 Å². The first kappa shape index (κ1) is 34.8. The van der Waals surface area contributed by atoms with Gasteiger partial charge in [0.25, 0.3) is 0 Å². The standard InChI is InChI=1S/C14H3F11.C8H14F5P/c1-2-3(4-7(16)11(20)13(22)12(21)8(4)17)5(14(23,24)25)9(18)10(19)6(2)15;1-2-3-4-5-6-14-8(12,13)7(9,10)11/h1H3;14H,2-6H2,1H3. The Kier molecular flexibility index (Phi) is 11.5. The van der Waals surface area contributed by atoms with Crippen LogP contribution in [0.15, 0.2) is 0 Å². The maximum Gasteiger partial charge on any atom is 0.457 e. The largest absolute Gasteiger partial charge is 0.457 e. The van der Waals surface area contributed by atoms with Crippen molar-refractivity contribution in [2.75, 3.05) is 6.16 Å². The van der Waals surface area contributed by atoms with Gasteiger partial charge >= 0.3 is 18.0 Å². The lowest BCUT2D eigenvalue weighted by atomic mass is 9.92. The predicted molar refractivity (Wildman–Crippen MR) is 110 cm³/mol. The van der Waals surface area contributed by atoms with E-state index >= 15 is 0 Å². The van der Waals surface area contributed by atoms with E-state index in [4.69, 9.17) is 0 Å². The van der Waals surface area contributed by atoms with Gasteiger partial charge in [-0.05, 0) is 33.7 Å². The van der Waals surface area contributed by atoms with Crippen molar-refractivity contribution in [2.24, 2.45) is 0 Å². The third-order valence-corrected chi connectivity index (χ3v) is 6.37. The Morgan fingerprint density at radius 3 is 1.38 bits per heavy atom. The highest BCUT2D eigenvalue weighted by molar-refractivity contribution is 7.39. The summed E-state index contributed by atoms with van der Waals surface area (Å²) in [6.07, 6.45) is -8.22. The Hall–Kier alpha value is -2.25. The zero-order valence-electron chi connectivity index (χ0n) is 19.6. The van der Waals surface area contributed by atoms with E-state index in [1.54, 1.807) is 0 Å². The summed E-state index contributed by atoms with van der Waals surface area (Å²) in [6, 6.07) is 0. The number of alkyl halides is 8. The maximum atomic E-state index is 13.8. The maximum absolute atomic E-state index is 13.8. The fraction of sp³-hybridized carbons (Fsp3) is 0.455. The lowest BCUT2D eigenvalue weighted by Crippen LogP contribution is -2.31. The number of halogens is 16. The van der Waals surface area contributed by atoms with Gasteiger partial charge in [-0.1, -0.05) is 26.2 Å². The van der Waals surface area contributed by atoms with Crippen LogP contribution in [0.5, 0.6) is 0 Å². The number of hydrogen-bond donors (Lipinski definition) is 0. The van der Waals surface area contributed by atoms with E-state index in [0.29, 0.717) is 13.3 Å². The second-order valence-corrected chi connectivity index (χ2v) is 9.30. The molecule has 0 amide bonds. The van der Waals surface area contributed by atoms with Gasteiger partial charge in [0, 0.05) is 5.56 Å². The first-order valence-corrected chi connectivity index (χ1v) is 11.8. The first-order valence-electron chi connectivity index (χ1n) is 10.6. The second kappa shape index (κ2) is 12.9. The third-order valence-electron chi connectivity index (χ3n) is 5.04. The molecule has 17 heteroatoms. The summed E-state index contributed by atoms with van der Waals surface area (Å²) in [5.74, 6) is -21.2. The predicted octanol–water partition coefficient (Wildman–Crippen LogP) is 10.2. The zero-order chi connectivity index (χ0) is 30.7. The number of hydrogen-bond acceptors (Lipinski definition) is 0.